The molecule has 0 saturated carbocycles. The van der Waals surface area contributed by atoms with E-state index in [2.05, 4.69) is 4.98 Å². The molecule has 1 rings (SSSR count). The molecule has 0 radical (unpaired) electrons. The predicted octanol–water partition coefficient (Wildman–Crippen LogP) is 1.36. The van der Waals surface area contributed by atoms with Gasteiger partial charge in [-0.2, -0.15) is 0 Å². The van der Waals surface area contributed by atoms with Crippen LogP contribution in [0.4, 0.5) is 0 Å². The first-order valence-corrected chi connectivity index (χ1v) is 5.31. The molecule has 0 bridgehead atoms. The highest BCUT2D eigenvalue weighted by molar-refractivity contribution is 7.89. The zero-order chi connectivity index (χ0) is 9.84. The molecule has 0 aliphatic heterocycles. The third-order valence-corrected chi connectivity index (χ3v) is 3.22. The highest BCUT2D eigenvalue weighted by atomic mass is 32.2. The van der Waals surface area contributed by atoms with E-state index in [9.17, 15) is 4.55 Å². The standard InChI is InChI=1S/C9H14N2OS/c1-4-11(3)13(12)9-6-5-8(2)7-10-9/h5-7H,4H2,1-3H3. The molecule has 1 aromatic rings. The lowest BCUT2D eigenvalue weighted by Gasteiger charge is -2.16. The van der Waals surface area contributed by atoms with E-state index in [-0.39, 0.29) is 0 Å². The van der Waals surface area contributed by atoms with E-state index in [0.717, 1.165) is 12.1 Å². The molecule has 0 amide bonds. The lowest BCUT2D eigenvalue weighted by molar-refractivity contribution is 0.482. The first-order valence-electron chi connectivity index (χ1n) is 4.21. The summed E-state index contributed by atoms with van der Waals surface area (Å²) in [6.45, 7) is 4.68. The van der Waals surface area contributed by atoms with Crippen LogP contribution in [0.5, 0.6) is 0 Å². The van der Waals surface area contributed by atoms with Gasteiger partial charge in [0.1, 0.15) is 11.4 Å². The molecule has 0 aliphatic carbocycles. The van der Waals surface area contributed by atoms with E-state index in [0.29, 0.717) is 5.03 Å². The fraction of sp³-hybridized carbons (Fsp3) is 0.444. The molecule has 0 spiro atoms. The van der Waals surface area contributed by atoms with E-state index in [1.807, 2.05) is 27.0 Å². The van der Waals surface area contributed by atoms with Crippen molar-refractivity contribution in [2.24, 2.45) is 0 Å². The summed E-state index contributed by atoms with van der Waals surface area (Å²) >= 11 is -1.11. The molecular formula is C9H14N2OS. The van der Waals surface area contributed by atoms with Crippen LogP contribution in [-0.2, 0) is 11.4 Å². The number of aryl methyl sites for hydroxylation is 1. The van der Waals surface area contributed by atoms with Crippen molar-refractivity contribution in [3.05, 3.63) is 23.9 Å². The number of pyridine rings is 1. The van der Waals surface area contributed by atoms with Crippen LogP contribution in [0.15, 0.2) is 23.4 Å². The normalized spacial score (nSPS) is 13.3. The lowest BCUT2D eigenvalue weighted by atomic mass is 10.3. The molecule has 13 heavy (non-hydrogen) atoms. The van der Waals surface area contributed by atoms with Crippen LogP contribution in [0, 0.1) is 6.92 Å². The van der Waals surface area contributed by atoms with E-state index >= 15 is 0 Å². The van der Waals surface area contributed by atoms with Gasteiger partial charge in [-0.25, -0.2) is 4.98 Å². The summed E-state index contributed by atoms with van der Waals surface area (Å²) < 4.78 is 13.4. The summed E-state index contributed by atoms with van der Waals surface area (Å²) in [5.41, 5.74) is 1.08. The third-order valence-electron chi connectivity index (χ3n) is 1.79. The predicted molar refractivity (Wildman–Crippen MR) is 53.7 cm³/mol. The van der Waals surface area contributed by atoms with Gasteiger partial charge in [-0.05, 0) is 19.4 Å². The lowest BCUT2D eigenvalue weighted by Crippen LogP contribution is -2.27. The molecule has 3 nitrogen and oxygen atoms in total. The summed E-state index contributed by atoms with van der Waals surface area (Å²) in [6, 6.07) is 3.72. The molecular weight excluding hydrogens is 184 g/mol. The van der Waals surface area contributed by atoms with Crippen LogP contribution in [0.2, 0.25) is 0 Å². The highest BCUT2D eigenvalue weighted by Gasteiger charge is 2.17. The van der Waals surface area contributed by atoms with Crippen molar-refractivity contribution >= 4 is 11.4 Å². The Morgan fingerprint density at radius 3 is 2.69 bits per heavy atom. The zero-order valence-electron chi connectivity index (χ0n) is 8.15. The van der Waals surface area contributed by atoms with E-state index in [1.165, 1.54) is 0 Å². The summed E-state index contributed by atoms with van der Waals surface area (Å²) in [4.78, 5) is 4.11. The molecule has 0 saturated heterocycles. The Kier molecular flexibility index (Phi) is 3.71. The maximum absolute atomic E-state index is 11.7. The largest absolute Gasteiger partial charge is 0.592 e. The van der Waals surface area contributed by atoms with Gasteiger partial charge in [0.05, 0.1) is 0 Å². The van der Waals surface area contributed by atoms with Crippen molar-refractivity contribution in [2.45, 2.75) is 18.9 Å². The van der Waals surface area contributed by atoms with Crippen molar-refractivity contribution in [1.82, 2.24) is 9.29 Å². The number of nitrogens with zero attached hydrogens (tertiary/aromatic N) is 2. The molecule has 1 heterocycles. The van der Waals surface area contributed by atoms with Gasteiger partial charge in [-0.1, -0.05) is 6.07 Å². The van der Waals surface area contributed by atoms with Crippen LogP contribution in [0.3, 0.4) is 0 Å². The topological polar surface area (TPSA) is 39.2 Å². The van der Waals surface area contributed by atoms with Crippen LogP contribution in [0.25, 0.3) is 0 Å². The first-order chi connectivity index (χ1) is 6.15. The summed E-state index contributed by atoms with van der Waals surface area (Å²) in [5.74, 6) is 0. The smallest absolute Gasteiger partial charge is 0.265 e. The quantitative estimate of drug-likeness (QED) is 0.688. The first kappa shape index (κ1) is 10.5. The Hall–Kier alpha value is -0.580. The van der Waals surface area contributed by atoms with Gasteiger partial charge in [0.2, 0.25) is 0 Å². The summed E-state index contributed by atoms with van der Waals surface area (Å²) in [7, 11) is 1.82. The van der Waals surface area contributed by atoms with Crippen LogP contribution < -0.4 is 0 Å². The minimum atomic E-state index is -1.11. The fourth-order valence-corrected chi connectivity index (χ4v) is 1.72. The molecule has 0 fully saturated rings. The van der Waals surface area contributed by atoms with Crippen molar-refractivity contribution in [3.63, 3.8) is 0 Å². The van der Waals surface area contributed by atoms with Crippen LogP contribution >= 0.6 is 0 Å². The second-order valence-electron chi connectivity index (χ2n) is 2.87. The molecule has 72 valence electrons. The summed E-state index contributed by atoms with van der Waals surface area (Å²) in [5, 5.41) is 0.620. The summed E-state index contributed by atoms with van der Waals surface area (Å²) in [6.07, 6.45) is 1.73. The van der Waals surface area contributed by atoms with E-state index in [1.54, 1.807) is 16.6 Å². The molecule has 1 unspecified atom stereocenters. The van der Waals surface area contributed by atoms with E-state index < -0.39 is 11.4 Å². The molecule has 0 aromatic carbocycles. The van der Waals surface area contributed by atoms with Crippen molar-refractivity contribution in [3.8, 4) is 0 Å². The SMILES string of the molecule is CCN(C)[S+]([O-])c1ccc(C)cn1. The van der Waals surface area contributed by atoms with Crippen molar-refractivity contribution < 1.29 is 4.55 Å². The fourth-order valence-electron chi connectivity index (χ4n) is 0.834. The number of hydrogen-bond acceptors (Lipinski definition) is 3. The Morgan fingerprint density at radius 2 is 2.23 bits per heavy atom. The van der Waals surface area contributed by atoms with Crippen LogP contribution in [0.1, 0.15) is 12.5 Å². The minimum absolute atomic E-state index is 0.620. The second-order valence-corrected chi connectivity index (χ2v) is 4.41. The Balaban J connectivity index is 2.77. The Labute approximate surface area is 82.1 Å². The van der Waals surface area contributed by atoms with Crippen molar-refractivity contribution in [1.29, 1.82) is 0 Å². The molecule has 0 aliphatic rings. The van der Waals surface area contributed by atoms with Crippen molar-refractivity contribution in [2.75, 3.05) is 13.6 Å². The zero-order valence-corrected chi connectivity index (χ0v) is 8.97. The minimum Gasteiger partial charge on any atom is -0.592 e. The maximum Gasteiger partial charge on any atom is 0.265 e. The van der Waals surface area contributed by atoms with Gasteiger partial charge in [-0.3, -0.25) is 0 Å². The van der Waals surface area contributed by atoms with Gasteiger partial charge in [0.15, 0.2) is 0 Å². The van der Waals surface area contributed by atoms with E-state index in [4.69, 9.17) is 0 Å². The van der Waals surface area contributed by atoms with Gasteiger partial charge < -0.3 is 4.55 Å². The number of aromatic nitrogens is 1. The van der Waals surface area contributed by atoms with Gasteiger partial charge in [0, 0.05) is 25.9 Å². The highest BCUT2D eigenvalue weighted by Crippen LogP contribution is 2.10. The monoisotopic (exact) mass is 198 g/mol. The van der Waals surface area contributed by atoms with Crippen LogP contribution in [-0.4, -0.2) is 27.4 Å². The Bertz CT molecular complexity index is 263. The third kappa shape index (κ3) is 2.69. The molecule has 0 N–H and O–H groups in total. The molecule has 1 aromatic heterocycles. The molecule has 4 heteroatoms. The van der Waals surface area contributed by atoms with Gasteiger partial charge in [0.25, 0.3) is 5.03 Å². The molecule has 1 atom stereocenters. The average molecular weight is 198 g/mol. The number of rotatable bonds is 3. The Morgan fingerprint density at radius 1 is 1.54 bits per heavy atom. The van der Waals surface area contributed by atoms with Gasteiger partial charge in [-0.15, -0.1) is 4.31 Å². The number of hydrogen-bond donors (Lipinski definition) is 0. The average Bonchev–Trinajstić information content (AvgIpc) is 2.17. The van der Waals surface area contributed by atoms with Gasteiger partial charge >= 0.3 is 0 Å². The second kappa shape index (κ2) is 4.60. The maximum atomic E-state index is 11.7.